The highest BCUT2D eigenvalue weighted by atomic mass is 16.5. The van der Waals surface area contributed by atoms with Gasteiger partial charge in [-0.2, -0.15) is 0 Å². The van der Waals surface area contributed by atoms with Crippen LogP contribution in [0.1, 0.15) is 42.6 Å². The van der Waals surface area contributed by atoms with Gasteiger partial charge in [-0.3, -0.25) is 4.79 Å². The van der Waals surface area contributed by atoms with E-state index in [-0.39, 0.29) is 17.9 Å². The molecule has 0 atom stereocenters. The molecule has 4 heteroatoms. The van der Waals surface area contributed by atoms with Gasteiger partial charge in [0, 0.05) is 25.1 Å². The molecule has 110 valence electrons. The van der Waals surface area contributed by atoms with Crippen LogP contribution < -0.4 is 10.1 Å². The molecule has 1 aromatic rings. The third-order valence-electron chi connectivity index (χ3n) is 3.69. The van der Waals surface area contributed by atoms with Crippen LogP contribution in [-0.4, -0.2) is 30.8 Å². The first-order valence-corrected chi connectivity index (χ1v) is 7.17. The van der Waals surface area contributed by atoms with Crippen LogP contribution in [0.15, 0.2) is 18.2 Å². The predicted molar refractivity (Wildman–Crippen MR) is 78.1 cm³/mol. The standard InChI is InChI=1S/C16H23NO3/c1-16(2,7-3-8-18)11-17-15(19)13-4-5-14-12(10-13)6-9-20-14/h4-5,10,18H,3,6-9,11H2,1-2H3,(H,17,19). The van der Waals surface area contributed by atoms with Crippen LogP contribution in [0.2, 0.25) is 0 Å². The lowest BCUT2D eigenvalue weighted by Crippen LogP contribution is -2.34. The summed E-state index contributed by atoms with van der Waals surface area (Å²) in [6.07, 6.45) is 2.53. The van der Waals surface area contributed by atoms with Crippen LogP contribution >= 0.6 is 0 Å². The van der Waals surface area contributed by atoms with Crippen molar-refractivity contribution < 1.29 is 14.6 Å². The number of nitrogens with one attached hydrogen (secondary N) is 1. The second-order valence-electron chi connectivity index (χ2n) is 6.10. The predicted octanol–water partition coefficient (Wildman–Crippen LogP) is 2.15. The zero-order valence-corrected chi connectivity index (χ0v) is 12.2. The molecular weight excluding hydrogens is 254 g/mol. The van der Waals surface area contributed by atoms with E-state index >= 15 is 0 Å². The number of hydrogen-bond acceptors (Lipinski definition) is 3. The molecule has 0 fully saturated rings. The Morgan fingerprint density at radius 2 is 2.25 bits per heavy atom. The van der Waals surface area contributed by atoms with Crippen molar-refractivity contribution in [2.45, 2.75) is 33.1 Å². The summed E-state index contributed by atoms with van der Waals surface area (Å²) < 4.78 is 5.44. The molecule has 2 N–H and O–H groups in total. The van der Waals surface area contributed by atoms with Crippen molar-refractivity contribution in [1.29, 1.82) is 0 Å². The quantitative estimate of drug-likeness (QED) is 0.837. The Bertz CT molecular complexity index is 483. The minimum Gasteiger partial charge on any atom is -0.493 e. The number of hydrogen-bond donors (Lipinski definition) is 2. The molecule has 0 saturated heterocycles. The maximum atomic E-state index is 12.2. The summed E-state index contributed by atoms with van der Waals surface area (Å²) >= 11 is 0. The Balaban J connectivity index is 1.92. The summed E-state index contributed by atoms with van der Waals surface area (Å²) in [5, 5.41) is 11.9. The van der Waals surface area contributed by atoms with Crippen molar-refractivity contribution in [3.8, 4) is 5.75 Å². The van der Waals surface area contributed by atoms with Crippen LogP contribution in [-0.2, 0) is 6.42 Å². The van der Waals surface area contributed by atoms with E-state index in [1.54, 1.807) is 6.07 Å². The van der Waals surface area contributed by atoms with E-state index in [0.717, 1.165) is 30.6 Å². The van der Waals surface area contributed by atoms with Gasteiger partial charge in [-0.25, -0.2) is 0 Å². The molecule has 0 aromatic heterocycles. The molecule has 1 aromatic carbocycles. The molecule has 20 heavy (non-hydrogen) atoms. The number of carbonyl (C=O) groups excluding carboxylic acids is 1. The average molecular weight is 277 g/mol. The lowest BCUT2D eigenvalue weighted by Gasteiger charge is -2.24. The first-order valence-electron chi connectivity index (χ1n) is 7.17. The normalized spacial score (nSPS) is 13.8. The van der Waals surface area contributed by atoms with E-state index < -0.39 is 0 Å². The Morgan fingerprint density at radius 3 is 3.00 bits per heavy atom. The number of benzene rings is 1. The van der Waals surface area contributed by atoms with E-state index in [1.165, 1.54) is 0 Å². The van der Waals surface area contributed by atoms with E-state index in [1.807, 2.05) is 12.1 Å². The van der Waals surface area contributed by atoms with Crippen LogP contribution in [0.5, 0.6) is 5.75 Å². The fraction of sp³-hybridized carbons (Fsp3) is 0.562. The van der Waals surface area contributed by atoms with Gasteiger partial charge < -0.3 is 15.2 Å². The van der Waals surface area contributed by atoms with Gasteiger partial charge in [0.1, 0.15) is 5.75 Å². The van der Waals surface area contributed by atoms with Gasteiger partial charge in [0.25, 0.3) is 5.91 Å². The fourth-order valence-corrected chi connectivity index (χ4v) is 2.40. The smallest absolute Gasteiger partial charge is 0.251 e. The highest BCUT2D eigenvalue weighted by Gasteiger charge is 2.20. The second kappa shape index (κ2) is 6.27. The van der Waals surface area contributed by atoms with Crippen molar-refractivity contribution in [2.24, 2.45) is 5.41 Å². The maximum absolute atomic E-state index is 12.2. The second-order valence-corrected chi connectivity index (χ2v) is 6.10. The number of ether oxygens (including phenoxy) is 1. The molecule has 0 radical (unpaired) electrons. The van der Waals surface area contributed by atoms with Crippen molar-refractivity contribution in [3.63, 3.8) is 0 Å². The third kappa shape index (κ3) is 3.73. The molecule has 0 unspecified atom stereocenters. The van der Waals surface area contributed by atoms with Crippen molar-refractivity contribution in [1.82, 2.24) is 5.32 Å². The van der Waals surface area contributed by atoms with Crippen LogP contribution in [0.4, 0.5) is 0 Å². The molecule has 0 saturated carbocycles. The van der Waals surface area contributed by atoms with Gasteiger partial charge in [-0.1, -0.05) is 13.8 Å². The van der Waals surface area contributed by atoms with Gasteiger partial charge in [0.2, 0.25) is 0 Å². The molecular formula is C16H23NO3. The Labute approximate surface area is 120 Å². The van der Waals surface area contributed by atoms with E-state index in [2.05, 4.69) is 19.2 Å². The number of aliphatic hydroxyl groups excluding tert-OH is 1. The van der Waals surface area contributed by atoms with E-state index in [4.69, 9.17) is 9.84 Å². The van der Waals surface area contributed by atoms with E-state index in [9.17, 15) is 4.79 Å². The topological polar surface area (TPSA) is 58.6 Å². The molecule has 0 aliphatic carbocycles. The summed E-state index contributed by atoms with van der Waals surface area (Å²) in [5.41, 5.74) is 1.79. The number of fused-ring (bicyclic) bond motifs is 1. The summed E-state index contributed by atoms with van der Waals surface area (Å²) in [7, 11) is 0. The molecule has 1 aliphatic heterocycles. The Kier molecular flexibility index (Phi) is 4.65. The van der Waals surface area contributed by atoms with Crippen LogP contribution in [0, 0.1) is 5.41 Å². The molecule has 4 nitrogen and oxygen atoms in total. The lowest BCUT2D eigenvalue weighted by atomic mass is 9.88. The first kappa shape index (κ1) is 14.9. The maximum Gasteiger partial charge on any atom is 0.251 e. The third-order valence-corrected chi connectivity index (χ3v) is 3.69. The van der Waals surface area contributed by atoms with Gasteiger partial charge in [-0.05, 0) is 42.0 Å². The average Bonchev–Trinajstić information content (AvgIpc) is 2.90. The molecule has 1 heterocycles. The summed E-state index contributed by atoms with van der Waals surface area (Å²) in [6, 6.07) is 5.59. The van der Waals surface area contributed by atoms with E-state index in [0.29, 0.717) is 18.7 Å². The number of amides is 1. The van der Waals surface area contributed by atoms with Gasteiger partial charge in [0.05, 0.1) is 6.61 Å². The van der Waals surface area contributed by atoms with Gasteiger partial charge >= 0.3 is 0 Å². The number of carbonyl (C=O) groups is 1. The summed E-state index contributed by atoms with van der Waals surface area (Å²) in [5.74, 6) is 0.849. The lowest BCUT2D eigenvalue weighted by molar-refractivity contribution is 0.0933. The van der Waals surface area contributed by atoms with Gasteiger partial charge in [-0.15, -0.1) is 0 Å². The summed E-state index contributed by atoms with van der Waals surface area (Å²) in [4.78, 5) is 12.2. The molecule has 2 rings (SSSR count). The fourth-order valence-electron chi connectivity index (χ4n) is 2.40. The minimum atomic E-state index is -0.0447. The SMILES string of the molecule is CC(C)(CCCO)CNC(=O)c1ccc2c(c1)CCO2. The van der Waals surface area contributed by atoms with Gasteiger partial charge in [0.15, 0.2) is 0 Å². The number of rotatable bonds is 6. The van der Waals surface area contributed by atoms with Crippen molar-refractivity contribution in [3.05, 3.63) is 29.3 Å². The van der Waals surface area contributed by atoms with Crippen LogP contribution in [0.25, 0.3) is 0 Å². The Morgan fingerprint density at radius 1 is 1.45 bits per heavy atom. The molecule has 1 amide bonds. The largest absolute Gasteiger partial charge is 0.493 e. The molecule has 0 spiro atoms. The highest BCUT2D eigenvalue weighted by molar-refractivity contribution is 5.94. The monoisotopic (exact) mass is 277 g/mol. The van der Waals surface area contributed by atoms with Crippen LogP contribution in [0.3, 0.4) is 0 Å². The highest BCUT2D eigenvalue weighted by Crippen LogP contribution is 2.26. The molecule has 0 bridgehead atoms. The molecule has 1 aliphatic rings. The zero-order chi connectivity index (χ0) is 14.6. The van der Waals surface area contributed by atoms with Crippen molar-refractivity contribution >= 4 is 5.91 Å². The Hall–Kier alpha value is -1.55. The number of aliphatic hydroxyl groups is 1. The van der Waals surface area contributed by atoms with Crippen molar-refractivity contribution in [2.75, 3.05) is 19.8 Å². The zero-order valence-electron chi connectivity index (χ0n) is 12.2. The summed E-state index contributed by atoms with van der Waals surface area (Å²) in [6.45, 7) is 5.70. The first-order chi connectivity index (χ1) is 9.52. The minimum absolute atomic E-state index is 0.00176.